The lowest BCUT2D eigenvalue weighted by molar-refractivity contribution is 0.527. The van der Waals surface area contributed by atoms with Crippen LogP contribution in [0.25, 0.3) is 11.1 Å². The van der Waals surface area contributed by atoms with Crippen LogP contribution < -0.4 is 0 Å². The van der Waals surface area contributed by atoms with E-state index in [1.807, 2.05) is 43.3 Å². The topological polar surface area (TPSA) is 26.0 Å². The van der Waals surface area contributed by atoms with Gasteiger partial charge in [0, 0.05) is 16.3 Å². The number of rotatable bonds is 3. The number of halogens is 2. The Bertz CT molecular complexity index is 720. The third-order valence-electron chi connectivity index (χ3n) is 3.34. The van der Waals surface area contributed by atoms with E-state index in [0.29, 0.717) is 6.42 Å². The zero-order chi connectivity index (χ0) is 14.1. The van der Waals surface area contributed by atoms with Gasteiger partial charge in [0.05, 0.1) is 0 Å². The van der Waals surface area contributed by atoms with Crippen molar-refractivity contribution in [2.75, 3.05) is 0 Å². The average Bonchev–Trinajstić information content (AvgIpc) is 2.83. The summed E-state index contributed by atoms with van der Waals surface area (Å²) in [4.78, 5) is 4.63. The van der Waals surface area contributed by atoms with E-state index in [-0.39, 0.29) is 4.83 Å². The fourth-order valence-electron chi connectivity index (χ4n) is 2.23. The first-order valence-electron chi connectivity index (χ1n) is 6.38. The molecule has 0 spiro atoms. The van der Waals surface area contributed by atoms with E-state index in [9.17, 15) is 0 Å². The molecule has 2 nitrogen and oxygen atoms in total. The molecule has 102 valence electrons. The highest BCUT2D eigenvalue weighted by Crippen LogP contribution is 2.32. The molecule has 0 amide bonds. The van der Waals surface area contributed by atoms with Crippen molar-refractivity contribution in [1.29, 1.82) is 0 Å². The molecule has 2 aromatic carbocycles. The van der Waals surface area contributed by atoms with Gasteiger partial charge in [-0.2, -0.15) is 0 Å². The second-order valence-electron chi connectivity index (χ2n) is 4.70. The van der Waals surface area contributed by atoms with Gasteiger partial charge < -0.3 is 4.42 Å². The Labute approximate surface area is 130 Å². The van der Waals surface area contributed by atoms with Gasteiger partial charge in [-0.25, -0.2) is 4.98 Å². The quantitative estimate of drug-likeness (QED) is 0.586. The van der Waals surface area contributed by atoms with E-state index in [1.165, 1.54) is 5.56 Å². The predicted molar refractivity (Wildman–Crippen MR) is 85.6 cm³/mol. The van der Waals surface area contributed by atoms with Crippen LogP contribution in [0.2, 0.25) is 5.02 Å². The van der Waals surface area contributed by atoms with Crippen LogP contribution in [0.1, 0.15) is 21.8 Å². The van der Waals surface area contributed by atoms with Gasteiger partial charge in [0.2, 0.25) is 0 Å². The monoisotopic (exact) mass is 349 g/mol. The highest BCUT2D eigenvalue weighted by Gasteiger charge is 2.16. The van der Waals surface area contributed by atoms with Gasteiger partial charge in [-0.05, 0) is 36.2 Å². The maximum Gasteiger partial charge on any atom is 0.196 e. The molecule has 4 heteroatoms. The molecule has 0 saturated heterocycles. The Morgan fingerprint density at radius 2 is 2.00 bits per heavy atom. The lowest BCUT2D eigenvalue weighted by Crippen LogP contribution is -1.98. The highest BCUT2D eigenvalue weighted by molar-refractivity contribution is 9.09. The molecule has 0 aliphatic carbocycles. The van der Waals surface area contributed by atoms with Gasteiger partial charge in [-0.15, -0.1) is 0 Å². The summed E-state index contributed by atoms with van der Waals surface area (Å²) >= 11 is 9.87. The van der Waals surface area contributed by atoms with Crippen molar-refractivity contribution in [2.24, 2.45) is 0 Å². The summed E-state index contributed by atoms with van der Waals surface area (Å²) in [5.41, 5.74) is 3.97. The van der Waals surface area contributed by atoms with Crippen molar-refractivity contribution in [3.63, 3.8) is 0 Å². The van der Waals surface area contributed by atoms with Crippen LogP contribution >= 0.6 is 27.5 Å². The van der Waals surface area contributed by atoms with Crippen molar-refractivity contribution in [3.05, 3.63) is 64.5 Å². The van der Waals surface area contributed by atoms with Crippen LogP contribution in [-0.4, -0.2) is 4.98 Å². The number of nitrogens with zero attached hydrogens (tertiary/aromatic N) is 1. The summed E-state index contributed by atoms with van der Waals surface area (Å²) in [5, 5.41) is 0.782. The zero-order valence-electron chi connectivity index (χ0n) is 10.9. The lowest BCUT2D eigenvalue weighted by atomic mass is 10.0. The number of para-hydroxylation sites is 2. The lowest BCUT2D eigenvalue weighted by Gasteiger charge is -2.12. The number of alkyl halides is 1. The summed E-state index contributed by atoms with van der Waals surface area (Å²) < 4.78 is 5.76. The van der Waals surface area contributed by atoms with Gasteiger partial charge in [-0.3, -0.25) is 0 Å². The van der Waals surface area contributed by atoms with Crippen molar-refractivity contribution in [2.45, 2.75) is 18.2 Å². The third-order valence-corrected chi connectivity index (χ3v) is 4.57. The molecule has 1 atom stereocenters. The van der Waals surface area contributed by atoms with Gasteiger partial charge in [0.15, 0.2) is 11.5 Å². The Balaban J connectivity index is 1.88. The Kier molecular flexibility index (Phi) is 3.81. The minimum atomic E-state index is 0.134. The van der Waals surface area contributed by atoms with Crippen LogP contribution in [0.5, 0.6) is 0 Å². The van der Waals surface area contributed by atoms with Gasteiger partial charge in [0.1, 0.15) is 5.52 Å². The largest absolute Gasteiger partial charge is 0.441 e. The maximum atomic E-state index is 6.17. The molecule has 0 aliphatic heterocycles. The SMILES string of the molecule is Cc1c(Cl)cccc1C(Br)Cc1nc2ccccc2o1. The molecule has 1 aromatic heterocycles. The first kappa shape index (κ1) is 13.7. The zero-order valence-corrected chi connectivity index (χ0v) is 13.3. The van der Waals surface area contributed by atoms with E-state index < -0.39 is 0 Å². The second-order valence-corrected chi connectivity index (χ2v) is 6.21. The van der Waals surface area contributed by atoms with Gasteiger partial charge >= 0.3 is 0 Å². The van der Waals surface area contributed by atoms with E-state index in [1.54, 1.807) is 0 Å². The molecular formula is C16H13BrClNO. The molecule has 0 N–H and O–H groups in total. The predicted octanol–water partition coefficient (Wildman–Crippen LogP) is 5.47. The molecule has 20 heavy (non-hydrogen) atoms. The summed E-state index contributed by atoms with van der Waals surface area (Å²) in [6, 6.07) is 13.7. The number of aromatic nitrogens is 1. The first-order valence-corrected chi connectivity index (χ1v) is 7.68. The summed E-state index contributed by atoms with van der Waals surface area (Å²) in [5.74, 6) is 0.729. The molecule has 0 bridgehead atoms. The molecule has 3 aromatic rings. The summed E-state index contributed by atoms with van der Waals surface area (Å²) in [7, 11) is 0. The minimum Gasteiger partial charge on any atom is -0.441 e. The molecule has 0 fully saturated rings. The molecule has 0 radical (unpaired) electrons. The molecule has 1 unspecified atom stereocenters. The van der Waals surface area contributed by atoms with Gasteiger partial charge in [-0.1, -0.05) is 51.8 Å². The average molecular weight is 351 g/mol. The number of hydrogen-bond donors (Lipinski definition) is 0. The van der Waals surface area contributed by atoms with Crippen molar-refractivity contribution < 1.29 is 4.42 Å². The number of hydrogen-bond acceptors (Lipinski definition) is 2. The van der Waals surface area contributed by atoms with Crippen LogP contribution in [0.15, 0.2) is 46.9 Å². The van der Waals surface area contributed by atoms with Gasteiger partial charge in [0.25, 0.3) is 0 Å². The second kappa shape index (κ2) is 5.58. The van der Waals surface area contributed by atoms with Crippen LogP contribution in [0.3, 0.4) is 0 Å². The Morgan fingerprint density at radius 3 is 2.80 bits per heavy atom. The molecule has 0 saturated carbocycles. The molecular weight excluding hydrogens is 338 g/mol. The maximum absolute atomic E-state index is 6.17. The minimum absolute atomic E-state index is 0.134. The summed E-state index contributed by atoms with van der Waals surface area (Å²) in [6.07, 6.45) is 0.690. The fraction of sp³-hybridized carbons (Fsp3) is 0.188. The van der Waals surface area contributed by atoms with E-state index in [2.05, 4.69) is 27.0 Å². The van der Waals surface area contributed by atoms with Crippen LogP contribution in [0.4, 0.5) is 0 Å². The fourth-order valence-corrected chi connectivity index (χ4v) is 3.19. The number of benzene rings is 2. The highest BCUT2D eigenvalue weighted by atomic mass is 79.9. The summed E-state index contributed by atoms with van der Waals surface area (Å²) in [6.45, 7) is 2.03. The number of fused-ring (bicyclic) bond motifs is 1. The van der Waals surface area contributed by atoms with Crippen molar-refractivity contribution >= 4 is 38.6 Å². The first-order chi connectivity index (χ1) is 9.65. The van der Waals surface area contributed by atoms with E-state index in [0.717, 1.165) is 27.6 Å². The van der Waals surface area contributed by atoms with Crippen molar-refractivity contribution in [1.82, 2.24) is 4.98 Å². The number of oxazole rings is 1. The molecule has 1 heterocycles. The molecule has 3 rings (SSSR count). The standard InChI is InChI=1S/C16H13BrClNO/c1-10-11(5-4-6-13(10)18)12(17)9-16-19-14-7-2-3-8-15(14)20-16/h2-8,12H,9H2,1H3. The van der Waals surface area contributed by atoms with E-state index >= 15 is 0 Å². The Hall–Kier alpha value is -1.32. The Morgan fingerprint density at radius 1 is 1.20 bits per heavy atom. The van der Waals surface area contributed by atoms with E-state index in [4.69, 9.17) is 16.0 Å². The normalized spacial score (nSPS) is 12.8. The smallest absolute Gasteiger partial charge is 0.196 e. The van der Waals surface area contributed by atoms with Crippen molar-refractivity contribution in [3.8, 4) is 0 Å². The van der Waals surface area contributed by atoms with Crippen LogP contribution in [-0.2, 0) is 6.42 Å². The van der Waals surface area contributed by atoms with Crippen LogP contribution in [0, 0.1) is 6.92 Å². The third kappa shape index (κ3) is 2.60. The molecule has 0 aliphatic rings.